The summed E-state index contributed by atoms with van der Waals surface area (Å²) in [4.78, 5) is 23.5. The fourth-order valence-corrected chi connectivity index (χ4v) is 2.37. The van der Waals surface area contributed by atoms with Crippen LogP contribution in [-0.2, 0) is 11.2 Å². The van der Waals surface area contributed by atoms with Crippen molar-refractivity contribution in [3.63, 3.8) is 0 Å². The Morgan fingerprint density at radius 2 is 2.47 bits per heavy atom. The van der Waals surface area contributed by atoms with Crippen LogP contribution in [0.3, 0.4) is 0 Å². The van der Waals surface area contributed by atoms with Gasteiger partial charge in [0.25, 0.3) is 5.91 Å². The molecule has 7 heteroatoms. The van der Waals surface area contributed by atoms with Gasteiger partial charge in [-0.2, -0.15) is 0 Å². The van der Waals surface area contributed by atoms with Crippen molar-refractivity contribution >= 4 is 23.3 Å². The molecule has 1 saturated heterocycles. The molecule has 2 amide bonds. The highest BCUT2D eigenvalue weighted by molar-refractivity contribution is 7.08. The Bertz CT molecular complexity index is 422. The SMILES string of the molecule is CCc1nnsc1C(=O)NC1CCC(=O)NC1. The lowest BCUT2D eigenvalue weighted by Gasteiger charge is -2.23. The Balaban J connectivity index is 1.95. The lowest BCUT2D eigenvalue weighted by atomic mass is 10.1. The summed E-state index contributed by atoms with van der Waals surface area (Å²) in [5, 5.41) is 9.52. The molecule has 1 aliphatic heterocycles. The van der Waals surface area contributed by atoms with Crippen molar-refractivity contribution in [2.24, 2.45) is 0 Å². The molecule has 2 rings (SSSR count). The van der Waals surface area contributed by atoms with Crippen LogP contribution >= 0.6 is 11.5 Å². The van der Waals surface area contributed by atoms with E-state index in [4.69, 9.17) is 0 Å². The second-order valence-electron chi connectivity index (χ2n) is 3.92. The van der Waals surface area contributed by atoms with Gasteiger partial charge in [-0.05, 0) is 24.4 Å². The third kappa shape index (κ3) is 2.79. The van der Waals surface area contributed by atoms with Gasteiger partial charge in [0.2, 0.25) is 5.91 Å². The van der Waals surface area contributed by atoms with Gasteiger partial charge in [-0.3, -0.25) is 9.59 Å². The first-order valence-electron chi connectivity index (χ1n) is 5.59. The molecule has 0 spiro atoms. The Morgan fingerprint density at radius 1 is 1.65 bits per heavy atom. The zero-order chi connectivity index (χ0) is 12.3. The number of nitrogens with one attached hydrogen (secondary N) is 2. The van der Waals surface area contributed by atoms with Crippen molar-refractivity contribution in [3.8, 4) is 0 Å². The van der Waals surface area contributed by atoms with E-state index in [1.165, 1.54) is 0 Å². The molecule has 92 valence electrons. The molecule has 6 nitrogen and oxygen atoms in total. The number of aromatic nitrogens is 2. The zero-order valence-corrected chi connectivity index (χ0v) is 10.3. The van der Waals surface area contributed by atoms with E-state index in [9.17, 15) is 9.59 Å². The molecule has 1 unspecified atom stereocenters. The van der Waals surface area contributed by atoms with Crippen LogP contribution in [0, 0.1) is 0 Å². The first-order chi connectivity index (χ1) is 8.20. The number of rotatable bonds is 3. The van der Waals surface area contributed by atoms with Crippen molar-refractivity contribution in [1.29, 1.82) is 0 Å². The standard InChI is InChI=1S/C10H14N4O2S/c1-2-7-9(17-14-13-7)10(16)12-6-3-4-8(15)11-5-6/h6H,2-5H2,1H3,(H,11,15)(H,12,16). The molecule has 2 heterocycles. The van der Waals surface area contributed by atoms with Gasteiger partial charge in [0.05, 0.1) is 5.69 Å². The Hall–Kier alpha value is -1.50. The summed E-state index contributed by atoms with van der Waals surface area (Å²) < 4.78 is 3.78. The van der Waals surface area contributed by atoms with E-state index in [2.05, 4.69) is 20.2 Å². The predicted molar refractivity (Wildman–Crippen MR) is 62.8 cm³/mol. The quantitative estimate of drug-likeness (QED) is 0.802. The minimum atomic E-state index is -0.141. The van der Waals surface area contributed by atoms with Gasteiger partial charge in [-0.25, -0.2) is 0 Å². The first kappa shape index (κ1) is 12.0. The van der Waals surface area contributed by atoms with Gasteiger partial charge in [0.1, 0.15) is 4.88 Å². The van der Waals surface area contributed by atoms with E-state index < -0.39 is 0 Å². The molecule has 0 bridgehead atoms. The average Bonchev–Trinajstić information content (AvgIpc) is 2.80. The number of hydrogen-bond acceptors (Lipinski definition) is 5. The highest BCUT2D eigenvalue weighted by Crippen LogP contribution is 2.12. The minimum absolute atomic E-state index is 0.00649. The Labute approximate surface area is 103 Å². The third-order valence-electron chi connectivity index (χ3n) is 2.70. The van der Waals surface area contributed by atoms with Crippen LogP contribution in [0.2, 0.25) is 0 Å². The topological polar surface area (TPSA) is 84.0 Å². The van der Waals surface area contributed by atoms with E-state index in [0.29, 0.717) is 30.7 Å². The number of aryl methyl sites for hydroxylation is 1. The van der Waals surface area contributed by atoms with Gasteiger partial charge < -0.3 is 10.6 Å². The summed E-state index contributed by atoms with van der Waals surface area (Å²) in [5.41, 5.74) is 0.729. The van der Waals surface area contributed by atoms with Crippen molar-refractivity contribution in [2.75, 3.05) is 6.54 Å². The van der Waals surface area contributed by atoms with Gasteiger partial charge in [0, 0.05) is 19.0 Å². The van der Waals surface area contributed by atoms with E-state index in [1.54, 1.807) is 0 Å². The van der Waals surface area contributed by atoms with Crippen molar-refractivity contribution in [3.05, 3.63) is 10.6 Å². The molecule has 0 saturated carbocycles. The second kappa shape index (κ2) is 5.22. The van der Waals surface area contributed by atoms with Crippen LogP contribution in [0.15, 0.2) is 0 Å². The van der Waals surface area contributed by atoms with Gasteiger partial charge in [-0.15, -0.1) is 5.10 Å². The number of nitrogens with zero attached hydrogens (tertiary/aromatic N) is 2. The van der Waals surface area contributed by atoms with Gasteiger partial charge in [0.15, 0.2) is 0 Å². The van der Waals surface area contributed by atoms with Crippen LogP contribution in [0.1, 0.15) is 35.1 Å². The molecule has 0 radical (unpaired) electrons. The van der Waals surface area contributed by atoms with Crippen LogP contribution in [0.4, 0.5) is 0 Å². The summed E-state index contributed by atoms with van der Waals surface area (Å²) in [7, 11) is 0. The smallest absolute Gasteiger partial charge is 0.265 e. The number of carbonyl (C=O) groups is 2. The van der Waals surface area contributed by atoms with Crippen molar-refractivity contribution in [1.82, 2.24) is 20.2 Å². The van der Waals surface area contributed by atoms with E-state index in [0.717, 1.165) is 17.2 Å². The molecule has 1 aliphatic rings. The van der Waals surface area contributed by atoms with Crippen molar-refractivity contribution in [2.45, 2.75) is 32.2 Å². The third-order valence-corrected chi connectivity index (χ3v) is 3.46. The summed E-state index contributed by atoms with van der Waals surface area (Å²) >= 11 is 1.11. The zero-order valence-electron chi connectivity index (χ0n) is 9.52. The molecule has 17 heavy (non-hydrogen) atoms. The number of carbonyl (C=O) groups excluding carboxylic acids is 2. The Morgan fingerprint density at radius 3 is 3.12 bits per heavy atom. The second-order valence-corrected chi connectivity index (χ2v) is 4.67. The minimum Gasteiger partial charge on any atom is -0.354 e. The van der Waals surface area contributed by atoms with Crippen LogP contribution in [-0.4, -0.2) is 34.0 Å². The van der Waals surface area contributed by atoms with Crippen molar-refractivity contribution < 1.29 is 9.59 Å². The van der Waals surface area contributed by atoms with E-state index >= 15 is 0 Å². The lowest BCUT2D eigenvalue weighted by Crippen LogP contribution is -2.47. The maximum Gasteiger partial charge on any atom is 0.265 e. The highest BCUT2D eigenvalue weighted by Gasteiger charge is 2.22. The molecular formula is C10H14N4O2S. The van der Waals surface area contributed by atoms with Crippen LogP contribution < -0.4 is 10.6 Å². The summed E-state index contributed by atoms with van der Waals surface area (Å²) in [6.07, 6.45) is 1.85. The molecule has 1 aromatic rings. The first-order valence-corrected chi connectivity index (χ1v) is 6.36. The molecular weight excluding hydrogens is 240 g/mol. The molecule has 2 N–H and O–H groups in total. The highest BCUT2D eigenvalue weighted by atomic mass is 32.1. The number of hydrogen-bond donors (Lipinski definition) is 2. The number of piperidine rings is 1. The molecule has 1 fully saturated rings. The summed E-state index contributed by atoms with van der Waals surface area (Å²) in [6, 6.07) is 0.00649. The van der Waals surface area contributed by atoms with Crippen LogP contribution in [0.25, 0.3) is 0 Å². The fraction of sp³-hybridized carbons (Fsp3) is 0.600. The maximum absolute atomic E-state index is 11.9. The largest absolute Gasteiger partial charge is 0.354 e. The molecule has 0 aromatic carbocycles. The monoisotopic (exact) mass is 254 g/mol. The van der Waals surface area contributed by atoms with Crippen LogP contribution in [0.5, 0.6) is 0 Å². The van der Waals surface area contributed by atoms with E-state index in [-0.39, 0.29) is 17.9 Å². The molecule has 0 aliphatic carbocycles. The maximum atomic E-state index is 11.9. The Kier molecular flexibility index (Phi) is 3.68. The van der Waals surface area contributed by atoms with Gasteiger partial charge >= 0.3 is 0 Å². The lowest BCUT2D eigenvalue weighted by molar-refractivity contribution is -0.122. The van der Waals surface area contributed by atoms with E-state index in [1.807, 2.05) is 6.92 Å². The van der Waals surface area contributed by atoms with Gasteiger partial charge in [-0.1, -0.05) is 11.4 Å². The number of amides is 2. The molecule has 1 aromatic heterocycles. The predicted octanol–water partition coefficient (Wildman–Crippen LogP) is 0.109. The normalized spacial score (nSPS) is 19.8. The average molecular weight is 254 g/mol. The summed E-state index contributed by atoms with van der Waals surface area (Å²) in [5.74, 6) is -0.0952. The summed E-state index contributed by atoms with van der Waals surface area (Å²) in [6.45, 7) is 2.44. The molecule has 1 atom stereocenters. The fourth-order valence-electron chi connectivity index (χ4n) is 1.72.